The predicted octanol–water partition coefficient (Wildman–Crippen LogP) is 5.10. The molecule has 2 heterocycles. The topological polar surface area (TPSA) is 88.3 Å². The fourth-order valence-corrected chi connectivity index (χ4v) is 5.33. The standard InChI is InChI=1S/C31H32N4O3/c1-4-6-21-7-9-23(10-8-21)30(36)34-16-15-22-11-12-25(17-26(22)19-34)27(31(37)38)18-24-13-14-28-29(20(24)3)32-33-35(28)5-2/h4,7-14,17,27H,1,5-6,15-16,18-19H2,2-3H3,(H,37,38). The molecule has 0 radical (unpaired) electrons. The second-order valence-corrected chi connectivity index (χ2v) is 9.91. The van der Waals surface area contributed by atoms with Crippen LogP contribution in [0.25, 0.3) is 11.0 Å². The molecule has 0 spiro atoms. The van der Waals surface area contributed by atoms with Gasteiger partial charge in [0.15, 0.2) is 0 Å². The van der Waals surface area contributed by atoms with Crippen molar-refractivity contribution in [3.63, 3.8) is 0 Å². The van der Waals surface area contributed by atoms with Crippen molar-refractivity contribution in [3.05, 3.63) is 106 Å². The van der Waals surface area contributed by atoms with Gasteiger partial charge in [-0.15, -0.1) is 11.7 Å². The SMILES string of the molecule is C=CCc1ccc(C(=O)N2CCc3ccc(C(Cc4ccc5c(nnn5CC)c4C)C(=O)O)cc3C2)cc1. The summed E-state index contributed by atoms with van der Waals surface area (Å²) in [7, 11) is 0. The van der Waals surface area contributed by atoms with Crippen LogP contribution in [-0.2, 0) is 37.1 Å². The van der Waals surface area contributed by atoms with Gasteiger partial charge in [0.1, 0.15) is 5.52 Å². The molecule has 38 heavy (non-hydrogen) atoms. The highest BCUT2D eigenvalue weighted by Crippen LogP contribution is 2.30. The Morgan fingerprint density at radius 2 is 1.89 bits per heavy atom. The number of allylic oxidation sites excluding steroid dienone is 1. The number of aliphatic carboxylic acids is 1. The Hall–Kier alpha value is -4.26. The highest BCUT2D eigenvalue weighted by molar-refractivity contribution is 5.94. The molecule has 7 nitrogen and oxygen atoms in total. The van der Waals surface area contributed by atoms with E-state index in [1.807, 2.05) is 84.1 Å². The summed E-state index contributed by atoms with van der Waals surface area (Å²) in [5.41, 5.74) is 8.37. The van der Waals surface area contributed by atoms with Crippen molar-refractivity contribution in [2.45, 2.75) is 52.1 Å². The Balaban J connectivity index is 1.38. The first-order valence-electron chi connectivity index (χ1n) is 13.0. The molecule has 3 aromatic carbocycles. The lowest BCUT2D eigenvalue weighted by atomic mass is 9.87. The maximum atomic E-state index is 13.2. The van der Waals surface area contributed by atoms with Gasteiger partial charge >= 0.3 is 5.97 Å². The first-order chi connectivity index (χ1) is 18.4. The van der Waals surface area contributed by atoms with Crippen LogP contribution in [-0.4, -0.2) is 43.4 Å². The Bertz CT molecular complexity index is 1520. The number of aromatic nitrogens is 3. The van der Waals surface area contributed by atoms with Gasteiger partial charge in [-0.25, -0.2) is 4.68 Å². The lowest BCUT2D eigenvalue weighted by molar-refractivity contribution is -0.138. The summed E-state index contributed by atoms with van der Waals surface area (Å²) in [5, 5.41) is 18.7. The first-order valence-corrected chi connectivity index (χ1v) is 13.0. The van der Waals surface area contributed by atoms with E-state index in [1.165, 1.54) is 0 Å². The average Bonchev–Trinajstić information content (AvgIpc) is 3.36. The largest absolute Gasteiger partial charge is 0.481 e. The summed E-state index contributed by atoms with van der Waals surface area (Å²) in [6, 6.07) is 17.5. The van der Waals surface area contributed by atoms with Crippen LogP contribution >= 0.6 is 0 Å². The van der Waals surface area contributed by atoms with Gasteiger partial charge in [0.25, 0.3) is 5.91 Å². The molecule has 0 fully saturated rings. The molecule has 1 N–H and O–H groups in total. The average molecular weight is 509 g/mol. The summed E-state index contributed by atoms with van der Waals surface area (Å²) in [5.74, 6) is -1.59. The van der Waals surface area contributed by atoms with Gasteiger partial charge in [-0.2, -0.15) is 0 Å². The smallest absolute Gasteiger partial charge is 0.311 e. The van der Waals surface area contributed by atoms with Crippen LogP contribution < -0.4 is 0 Å². The van der Waals surface area contributed by atoms with E-state index in [1.54, 1.807) is 0 Å². The number of nitrogens with zero attached hydrogens (tertiary/aromatic N) is 4. The minimum absolute atomic E-state index is 0.00922. The van der Waals surface area contributed by atoms with E-state index < -0.39 is 11.9 Å². The lowest BCUT2D eigenvalue weighted by Crippen LogP contribution is -2.36. The van der Waals surface area contributed by atoms with E-state index >= 15 is 0 Å². The minimum atomic E-state index is -0.870. The Labute approximate surface area is 222 Å². The van der Waals surface area contributed by atoms with Crippen LogP contribution in [0, 0.1) is 6.92 Å². The number of carbonyl (C=O) groups is 2. The summed E-state index contributed by atoms with van der Waals surface area (Å²) in [6.07, 6.45) is 3.72. The van der Waals surface area contributed by atoms with Crippen molar-refractivity contribution in [1.82, 2.24) is 19.9 Å². The molecule has 0 bridgehead atoms. The molecule has 0 saturated carbocycles. The first kappa shape index (κ1) is 25.4. The second kappa shape index (κ2) is 10.6. The highest BCUT2D eigenvalue weighted by Gasteiger charge is 2.26. The number of amides is 1. The number of hydrogen-bond acceptors (Lipinski definition) is 4. The number of aryl methyl sites for hydroxylation is 2. The third-order valence-electron chi connectivity index (χ3n) is 7.59. The van der Waals surface area contributed by atoms with E-state index in [9.17, 15) is 14.7 Å². The van der Waals surface area contributed by atoms with Crippen molar-refractivity contribution in [2.75, 3.05) is 6.54 Å². The zero-order valence-corrected chi connectivity index (χ0v) is 21.9. The lowest BCUT2D eigenvalue weighted by Gasteiger charge is -2.30. The summed E-state index contributed by atoms with van der Waals surface area (Å²) < 4.78 is 1.84. The fourth-order valence-electron chi connectivity index (χ4n) is 5.33. The van der Waals surface area contributed by atoms with Crippen LogP contribution in [0.3, 0.4) is 0 Å². The van der Waals surface area contributed by atoms with E-state index in [0.717, 1.165) is 63.8 Å². The van der Waals surface area contributed by atoms with Crippen molar-refractivity contribution in [2.24, 2.45) is 0 Å². The minimum Gasteiger partial charge on any atom is -0.481 e. The third-order valence-corrected chi connectivity index (χ3v) is 7.59. The van der Waals surface area contributed by atoms with Crippen LogP contribution in [0.4, 0.5) is 0 Å². The van der Waals surface area contributed by atoms with E-state index in [4.69, 9.17) is 0 Å². The van der Waals surface area contributed by atoms with E-state index in [0.29, 0.717) is 25.1 Å². The monoisotopic (exact) mass is 508 g/mol. The Morgan fingerprint density at radius 3 is 2.61 bits per heavy atom. The van der Waals surface area contributed by atoms with Gasteiger partial charge in [-0.05, 0) is 84.7 Å². The number of hydrogen-bond donors (Lipinski definition) is 1. The van der Waals surface area contributed by atoms with Crippen molar-refractivity contribution < 1.29 is 14.7 Å². The molecule has 1 unspecified atom stereocenters. The van der Waals surface area contributed by atoms with Gasteiger partial charge in [-0.1, -0.05) is 47.7 Å². The quantitative estimate of drug-likeness (QED) is 0.335. The summed E-state index contributed by atoms with van der Waals surface area (Å²) >= 11 is 0. The zero-order chi connectivity index (χ0) is 26.8. The normalized spacial score (nSPS) is 13.8. The van der Waals surface area contributed by atoms with Crippen molar-refractivity contribution >= 4 is 22.9 Å². The maximum Gasteiger partial charge on any atom is 0.311 e. The number of rotatable bonds is 8. The molecule has 0 saturated heterocycles. The Kier molecular flexibility index (Phi) is 7.09. The molecule has 0 aliphatic carbocycles. The van der Waals surface area contributed by atoms with Crippen molar-refractivity contribution in [3.8, 4) is 0 Å². The predicted molar refractivity (Wildman–Crippen MR) is 147 cm³/mol. The van der Waals surface area contributed by atoms with Crippen LogP contribution in [0.5, 0.6) is 0 Å². The summed E-state index contributed by atoms with van der Waals surface area (Å²) in [6.45, 7) is 9.59. The highest BCUT2D eigenvalue weighted by atomic mass is 16.4. The fraction of sp³-hybridized carbons (Fsp3) is 0.290. The molecule has 1 aliphatic heterocycles. The van der Waals surface area contributed by atoms with Gasteiger partial charge in [-0.3, -0.25) is 9.59 Å². The van der Waals surface area contributed by atoms with Crippen LogP contribution in [0.1, 0.15) is 56.6 Å². The number of benzene rings is 3. The van der Waals surface area contributed by atoms with Gasteiger partial charge < -0.3 is 10.0 Å². The third kappa shape index (κ3) is 4.84. The zero-order valence-electron chi connectivity index (χ0n) is 21.9. The molecule has 1 atom stereocenters. The molecule has 5 rings (SSSR count). The summed E-state index contributed by atoms with van der Waals surface area (Å²) in [4.78, 5) is 27.5. The molecular formula is C31H32N4O3. The molecular weight excluding hydrogens is 476 g/mol. The molecule has 7 heteroatoms. The number of fused-ring (bicyclic) bond motifs is 2. The van der Waals surface area contributed by atoms with Gasteiger partial charge in [0.2, 0.25) is 0 Å². The molecule has 1 amide bonds. The molecule has 1 aromatic heterocycles. The number of carbonyl (C=O) groups excluding carboxylic acids is 1. The molecule has 1 aliphatic rings. The van der Waals surface area contributed by atoms with Gasteiger partial charge in [0.05, 0.1) is 11.4 Å². The number of carboxylic acid groups (broad SMARTS) is 1. The van der Waals surface area contributed by atoms with E-state index in [-0.39, 0.29) is 5.91 Å². The number of carboxylic acids is 1. The van der Waals surface area contributed by atoms with Gasteiger partial charge in [0, 0.05) is 25.2 Å². The van der Waals surface area contributed by atoms with Crippen molar-refractivity contribution in [1.29, 1.82) is 0 Å². The second-order valence-electron chi connectivity index (χ2n) is 9.91. The van der Waals surface area contributed by atoms with Crippen LogP contribution in [0.15, 0.2) is 67.3 Å². The molecule has 194 valence electrons. The maximum absolute atomic E-state index is 13.2. The van der Waals surface area contributed by atoms with Crippen LogP contribution in [0.2, 0.25) is 0 Å². The van der Waals surface area contributed by atoms with E-state index in [2.05, 4.69) is 16.9 Å². The molecule has 4 aromatic rings. The Morgan fingerprint density at radius 1 is 1.11 bits per heavy atom.